The Morgan fingerprint density at radius 1 is 1.14 bits per heavy atom. The molecule has 0 saturated heterocycles. The molecule has 21 heavy (non-hydrogen) atoms. The van der Waals surface area contributed by atoms with E-state index < -0.39 is 0 Å². The maximum atomic E-state index is 4.56. The number of nitrogens with zero attached hydrogens (tertiary/aromatic N) is 2. The smallest absolute Gasteiger partial charge is 0.132 e. The van der Waals surface area contributed by atoms with Crippen LogP contribution in [0.2, 0.25) is 0 Å². The Morgan fingerprint density at radius 3 is 2.43 bits per heavy atom. The van der Waals surface area contributed by atoms with Gasteiger partial charge in [-0.1, -0.05) is 26.8 Å². The van der Waals surface area contributed by atoms with Crippen molar-refractivity contribution < 1.29 is 0 Å². The van der Waals surface area contributed by atoms with Crippen LogP contribution in [0, 0.1) is 0 Å². The van der Waals surface area contributed by atoms with E-state index in [0.717, 1.165) is 37.0 Å². The zero-order chi connectivity index (χ0) is 15.3. The molecule has 2 rings (SSSR count). The van der Waals surface area contributed by atoms with Crippen molar-refractivity contribution in [1.29, 1.82) is 0 Å². The van der Waals surface area contributed by atoms with Crippen LogP contribution in [-0.4, -0.2) is 23.1 Å². The molecule has 0 aromatic carbocycles. The molecule has 0 aliphatic carbocycles. The first kappa shape index (κ1) is 15.8. The van der Waals surface area contributed by atoms with Crippen LogP contribution in [0.1, 0.15) is 38.4 Å². The first-order chi connectivity index (χ1) is 10.0. The molecule has 0 bridgehead atoms. The van der Waals surface area contributed by atoms with Gasteiger partial charge in [-0.05, 0) is 18.4 Å². The number of hydrogen-bond donors (Lipinski definition) is 2. The Kier molecular flexibility index (Phi) is 5.17. The van der Waals surface area contributed by atoms with E-state index in [-0.39, 0.29) is 5.41 Å². The van der Waals surface area contributed by atoms with Crippen LogP contribution in [0.4, 0.5) is 11.6 Å². The molecule has 2 N–H and O–H groups in total. The van der Waals surface area contributed by atoms with Gasteiger partial charge in [0.15, 0.2) is 0 Å². The lowest BCUT2D eigenvalue weighted by molar-refractivity contribution is 0.568. The molecular weight excluding hydrogens is 280 g/mol. The molecule has 114 valence electrons. The number of nitrogens with one attached hydrogen (secondary N) is 2. The summed E-state index contributed by atoms with van der Waals surface area (Å²) in [7, 11) is 0. The molecule has 0 amide bonds. The third-order valence-electron chi connectivity index (χ3n) is 3.35. The number of hydrogen-bond acceptors (Lipinski definition) is 5. The van der Waals surface area contributed by atoms with Crippen molar-refractivity contribution in [2.75, 3.05) is 23.7 Å². The minimum Gasteiger partial charge on any atom is -0.370 e. The lowest BCUT2D eigenvalue weighted by atomic mass is 9.91. The Bertz CT molecular complexity index is 564. The van der Waals surface area contributed by atoms with Gasteiger partial charge >= 0.3 is 0 Å². The van der Waals surface area contributed by atoms with E-state index in [0.29, 0.717) is 0 Å². The molecule has 0 unspecified atom stereocenters. The third kappa shape index (κ3) is 4.17. The highest BCUT2D eigenvalue weighted by Gasteiger charge is 2.21. The fourth-order valence-electron chi connectivity index (χ4n) is 2.08. The molecule has 0 spiro atoms. The number of anilines is 2. The van der Waals surface area contributed by atoms with Gasteiger partial charge in [0.05, 0.1) is 0 Å². The van der Waals surface area contributed by atoms with E-state index in [1.54, 1.807) is 11.3 Å². The minimum atomic E-state index is 0.0871. The fourth-order valence-corrected chi connectivity index (χ4v) is 2.93. The molecule has 0 saturated carbocycles. The zero-order valence-electron chi connectivity index (χ0n) is 13.2. The number of aromatic nitrogens is 2. The maximum absolute atomic E-state index is 4.56. The van der Waals surface area contributed by atoms with E-state index >= 15 is 0 Å². The predicted molar refractivity (Wildman–Crippen MR) is 91.4 cm³/mol. The summed E-state index contributed by atoms with van der Waals surface area (Å²) in [6.07, 6.45) is 0.836. The summed E-state index contributed by atoms with van der Waals surface area (Å²) in [6.45, 7) is 10.3. The summed E-state index contributed by atoms with van der Waals surface area (Å²) in [5.41, 5.74) is 0.0871. The number of thiophene rings is 1. The van der Waals surface area contributed by atoms with Gasteiger partial charge < -0.3 is 10.6 Å². The topological polar surface area (TPSA) is 49.8 Å². The standard InChI is InChI=1S/C16H24N4S/c1-5-13-19-14(17-6-2)10-15(20-13)18-11-16(3,4)12-8-7-9-21-12/h7-10H,5-6,11H2,1-4H3,(H2,17,18,19,20). The second-order valence-corrected chi connectivity index (χ2v) is 6.60. The van der Waals surface area contributed by atoms with Crippen LogP contribution in [0.5, 0.6) is 0 Å². The summed E-state index contributed by atoms with van der Waals surface area (Å²) in [4.78, 5) is 10.4. The Morgan fingerprint density at radius 2 is 1.86 bits per heavy atom. The quantitative estimate of drug-likeness (QED) is 0.814. The van der Waals surface area contributed by atoms with Gasteiger partial charge in [-0.15, -0.1) is 11.3 Å². The van der Waals surface area contributed by atoms with Crippen molar-refractivity contribution in [1.82, 2.24) is 9.97 Å². The highest BCUT2D eigenvalue weighted by atomic mass is 32.1. The van der Waals surface area contributed by atoms with Gasteiger partial charge in [-0.25, -0.2) is 9.97 Å². The SMILES string of the molecule is CCNc1cc(NCC(C)(C)c2cccs2)nc(CC)n1. The van der Waals surface area contributed by atoms with E-state index in [9.17, 15) is 0 Å². The highest BCUT2D eigenvalue weighted by Crippen LogP contribution is 2.27. The first-order valence-corrected chi connectivity index (χ1v) is 8.33. The molecule has 2 heterocycles. The van der Waals surface area contributed by atoms with Gasteiger partial charge in [0.2, 0.25) is 0 Å². The second kappa shape index (κ2) is 6.89. The number of aryl methyl sites for hydroxylation is 1. The molecule has 5 heteroatoms. The van der Waals surface area contributed by atoms with Gasteiger partial charge in [0.25, 0.3) is 0 Å². The molecule has 0 radical (unpaired) electrons. The monoisotopic (exact) mass is 304 g/mol. The Hall–Kier alpha value is -1.62. The van der Waals surface area contributed by atoms with Crippen molar-refractivity contribution in [3.05, 3.63) is 34.3 Å². The lowest BCUT2D eigenvalue weighted by Crippen LogP contribution is -2.27. The van der Waals surface area contributed by atoms with Crippen LogP contribution in [0.25, 0.3) is 0 Å². The van der Waals surface area contributed by atoms with Gasteiger partial charge in [0.1, 0.15) is 17.5 Å². The number of rotatable bonds is 7. The van der Waals surface area contributed by atoms with Crippen molar-refractivity contribution in [3.63, 3.8) is 0 Å². The van der Waals surface area contributed by atoms with Crippen LogP contribution < -0.4 is 10.6 Å². The van der Waals surface area contributed by atoms with Crippen molar-refractivity contribution >= 4 is 23.0 Å². The van der Waals surface area contributed by atoms with E-state index in [2.05, 4.69) is 65.8 Å². The second-order valence-electron chi connectivity index (χ2n) is 5.65. The molecule has 0 fully saturated rings. The van der Waals surface area contributed by atoms with Gasteiger partial charge in [0, 0.05) is 35.9 Å². The average molecular weight is 304 g/mol. The zero-order valence-corrected chi connectivity index (χ0v) is 14.0. The van der Waals surface area contributed by atoms with Gasteiger partial charge in [-0.3, -0.25) is 0 Å². The van der Waals surface area contributed by atoms with Crippen molar-refractivity contribution in [2.45, 2.75) is 39.5 Å². The summed E-state index contributed by atoms with van der Waals surface area (Å²) >= 11 is 1.80. The molecule has 0 aliphatic rings. The molecule has 2 aromatic heterocycles. The predicted octanol–water partition coefficient (Wildman–Crippen LogP) is 3.92. The van der Waals surface area contributed by atoms with Crippen molar-refractivity contribution in [2.24, 2.45) is 0 Å². The van der Waals surface area contributed by atoms with Gasteiger partial charge in [-0.2, -0.15) is 0 Å². The normalized spacial score (nSPS) is 11.4. The maximum Gasteiger partial charge on any atom is 0.132 e. The lowest BCUT2D eigenvalue weighted by Gasteiger charge is -2.24. The van der Waals surface area contributed by atoms with E-state index in [1.807, 2.05) is 6.07 Å². The van der Waals surface area contributed by atoms with Crippen molar-refractivity contribution in [3.8, 4) is 0 Å². The van der Waals surface area contributed by atoms with Crippen LogP contribution in [-0.2, 0) is 11.8 Å². The van der Waals surface area contributed by atoms with Crippen LogP contribution >= 0.6 is 11.3 Å². The van der Waals surface area contributed by atoms with Crippen LogP contribution in [0.15, 0.2) is 23.6 Å². The fraction of sp³-hybridized carbons (Fsp3) is 0.500. The molecule has 4 nitrogen and oxygen atoms in total. The van der Waals surface area contributed by atoms with E-state index in [4.69, 9.17) is 0 Å². The molecule has 2 aromatic rings. The first-order valence-electron chi connectivity index (χ1n) is 7.45. The summed E-state index contributed by atoms with van der Waals surface area (Å²) in [5.74, 6) is 2.65. The highest BCUT2D eigenvalue weighted by molar-refractivity contribution is 7.10. The molecule has 0 atom stereocenters. The largest absolute Gasteiger partial charge is 0.370 e. The summed E-state index contributed by atoms with van der Waals surface area (Å²) < 4.78 is 0. The molecular formula is C16H24N4S. The van der Waals surface area contributed by atoms with E-state index in [1.165, 1.54) is 4.88 Å². The Balaban J connectivity index is 2.10. The van der Waals surface area contributed by atoms with Crippen LogP contribution in [0.3, 0.4) is 0 Å². The molecule has 0 aliphatic heterocycles. The summed E-state index contributed by atoms with van der Waals surface area (Å²) in [5, 5.41) is 8.85. The third-order valence-corrected chi connectivity index (χ3v) is 4.58. The summed E-state index contributed by atoms with van der Waals surface area (Å²) in [6, 6.07) is 6.27. The Labute approximate surface area is 131 Å². The minimum absolute atomic E-state index is 0.0871. The average Bonchev–Trinajstić information content (AvgIpc) is 3.00.